The molecule has 2 aromatic carbocycles. The molecule has 0 unspecified atom stereocenters. The lowest BCUT2D eigenvalue weighted by molar-refractivity contribution is -0.136. The highest BCUT2D eigenvalue weighted by atomic mass is 35.5. The maximum Gasteiger partial charge on any atom is 0.260 e. The van der Waals surface area contributed by atoms with Gasteiger partial charge in [-0.15, -0.1) is 0 Å². The second kappa shape index (κ2) is 13.3. The molecule has 5 nitrogen and oxygen atoms in total. The number of fused-ring (bicyclic) bond motifs is 1. The van der Waals surface area contributed by atoms with Crippen LogP contribution in [0.5, 0.6) is 11.5 Å². The maximum absolute atomic E-state index is 12.9. The molecule has 2 aliphatic heterocycles. The number of halogens is 1. The fourth-order valence-electron chi connectivity index (χ4n) is 5.56. The van der Waals surface area contributed by atoms with Gasteiger partial charge in [-0.3, -0.25) is 9.69 Å². The molecule has 2 heterocycles. The number of likely N-dealkylation sites (tertiary alicyclic amines) is 1. The molecule has 0 N–H and O–H groups in total. The quantitative estimate of drug-likeness (QED) is 0.459. The van der Waals surface area contributed by atoms with Gasteiger partial charge in [0.2, 0.25) is 0 Å². The van der Waals surface area contributed by atoms with Crippen molar-refractivity contribution in [2.45, 2.75) is 58.3 Å². The normalized spacial score (nSPS) is 19.0. The Balaban J connectivity index is 1.37. The number of ether oxygens (including phenoxy) is 2. The molecule has 1 saturated heterocycles. The molecule has 1 fully saturated rings. The van der Waals surface area contributed by atoms with Crippen molar-refractivity contribution in [1.29, 1.82) is 0 Å². The van der Waals surface area contributed by atoms with Gasteiger partial charge in [-0.2, -0.15) is 0 Å². The molecule has 1 amide bonds. The van der Waals surface area contributed by atoms with Crippen LogP contribution in [0.3, 0.4) is 0 Å². The molecule has 36 heavy (non-hydrogen) atoms. The van der Waals surface area contributed by atoms with Crippen LogP contribution >= 0.6 is 11.6 Å². The van der Waals surface area contributed by atoms with E-state index >= 15 is 0 Å². The van der Waals surface area contributed by atoms with E-state index in [1.807, 2.05) is 4.90 Å². The van der Waals surface area contributed by atoms with Crippen LogP contribution in [-0.2, 0) is 11.2 Å². The van der Waals surface area contributed by atoms with Crippen molar-refractivity contribution in [2.24, 2.45) is 5.41 Å². The van der Waals surface area contributed by atoms with Crippen molar-refractivity contribution in [2.75, 3.05) is 45.9 Å². The van der Waals surface area contributed by atoms with E-state index in [1.165, 1.54) is 37.7 Å². The predicted molar refractivity (Wildman–Crippen MR) is 146 cm³/mol. The van der Waals surface area contributed by atoms with Gasteiger partial charge >= 0.3 is 0 Å². The first kappa shape index (κ1) is 26.8. The number of rotatable bonds is 6. The minimum Gasteiger partial charge on any atom is -0.492 e. The van der Waals surface area contributed by atoms with Crippen molar-refractivity contribution in [1.82, 2.24) is 9.80 Å². The van der Waals surface area contributed by atoms with Gasteiger partial charge in [0.1, 0.15) is 18.1 Å². The van der Waals surface area contributed by atoms with Gasteiger partial charge < -0.3 is 14.4 Å². The fourth-order valence-corrected chi connectivity index (χ4v) is 5.69. The molecule has 6 heteroatoms. The molecular weight excluding hydrogens is 472 g/mol. The van der Waals surface area contributed by atoms with Crippen LogP contribution < -0.4 is 9.47 Å². The number of piperidine rings is 1. The average molecular weight is 513 g/mol. The van der Waals surface area contributed by atoms with Gasteiger partial charge in [0.05, 0.1) is 0 Å². The maximum atomic E-state index is 12.9. The molecule has 0 atom stereocenters. The predicted octanol–water partition coefficient (Wildman–Crippen LogP) is 6.24. The Morgan fingerprint density at radius 1 is 1.03 bits per heavy atom. The standard InChI is InChI=1S/C30H41ClN2O3/c1-2-3-18-32-21-22-35-28-10-5-4-8-25(28)9-6-7-15-30(24-32)16-19-33(20-17-30)29(34)23-36-27-13-11-26(31)12-14-27/h4-5,8,10-14H,2-3,6-7,9,15-24H2,1H3. The van der Waals surface area contributed by atoms with Gasteiger partial charge in [0.25, 0.3) is 5.91 Å². The zero-order chi connectivity index (χ0) is 25.2. The first-order chi connectivity index (χ1) is 17.6. The Bertz CT molecular complexity index is 957. The first-order valence-electron chi connectivity index (χ1n) is 13.7. The molecule has 0 aliphatic carbocycles. The summed E-state index contributed by atoms with van der Waals surface area (Å²) < 4.78 is 12.0. The molecule has 196 valence electrons. The van der Waals surface area contributed by atoms with E-state index in [0.29, 0.717) is 10.8 Å². The molecule has 2 aliphatic rings. The van der Waals surface area contributed by atoms with E-state index in [0.717, 1.165) is 64.3 Å². The third-order valence-corrected chi connectivity index (χ3v) is 8.03. The highest BCUT2D eigenvalue weighted by Crippen LogP contribution is 2.38. The van der Waals surface area contributed by atoms with Crippen LogP contribution in [0.4, 0.5) is 0 Å². The van der Waals surface area contributed by atoms with Gasteiger partial charge in [-0.05, 0) is 86.4 Å². The Morgan fingerprint density at radius 2 is 1.81 bits per heavy atom. The largest absolute Gasteiger partial charge is 0.492 e. The number of aryl methyl sites for hydroxylation is 1. The smallest absolute Gasteiger partial charge is 0.260 e. The Morgan fingerprint density at radius 3 is 2.58 bits per heavy atom. The molecule has 0 saturated carbocycles. The van der Waals surface area contributed by atoms with Gasteiger partial charge in [0, 0.05) is 31.2 Å². The SMILES string of the molecule is CCCCN1CCOc2ccccc2CCCCC2(CCN(C(=O)COc3ccc(Cl)cc3)CC2)C1. The second-order valence-corrected chi connectivity index (χ2v) is 10.9. The summed E-state index contributed by atoms with van der Waals surface area (Å²) in [5, 5.41) is 0.663. The topological polar surface area (TPSA) is 42.0 Å². The van der Waals surface area contributed by atoms with Gasteiger partial charge in [-0.1, -0.05) is 49.6 Å². The number of carbonyl (C=O) groups is 1. The van der Waals surface area contributed by atoms with Crippen molar-refractivity contribution in [3.8, 4) is 11.5 Å². The fraction of sp³-hybridized carbons (Fsp3) is 0.567. The number of unbranched alkanes of at least 4 members (excludes halogenated alkanes) is 1. The summed E-state index contributed by atoms with van der Waals surface area (Å²) in [6, 6.07) is 15.7. The zero-order valence-corrected chi connectivity index (χ0v) is 22.5. The lowest BCUT2D eigenvalue weighted by Gasteiger charge is -2.45. The van der Waals surface area contributed by atoms with E-state index in [1.54, 1.807) is 24.3 Å². The molecule has 0 radical (unpaired) electrons. The lowest BCUT2D eigenvalue weighted by atomic mass is 9.73. The summed E-state index contributed by atoms with van der Waals surface area (Å²) in [5.74, 6) is 1.80. The Hall–Kier alpha value is -2.24. The summed E-state index contributed by atoms with van der Waals surface area (Å²) in [7, 11) is 0. The summed E-state index contributed by atoms with van der Waals surface area (Å²) in [6.45, 7) is 7.84. The highest BCUT2D eigenvalue weighted by molar-refractivity contribution is 6.30. The Kier molecular flexibility index (Phi) is 9.94. The first-order valence-corrected chi connectivity index (χ1v) is 14.0. The van der Waals surface area contributed by atoms with Crippen LogP contribution in [0, 0.1) is 5.41 Å². The van der Waals surface area contributed by atoms with Crippen molar-refractivity contribution >= 4 is 17.5 Å². The van der Waals surface area contributed by atoms with Crippen molar-refractivity contribution < 1.29 is 14.3 Å². The van der Waals surface area contributed by atoms with Gasteiger partial charge in [0.15, 0.2) is 6.61 Å². The van der Waals surface area contributed by atoms with E-state index in [9.17, 15) is 4.79 Å². The number of carbonyl (C=O) groups excluding carboxylic acids is 1. The van der Waals surface area contributed by atoms with Crippen LogP contribution in [0.15, 0.2) is 48.5 Å². The third kappa shape index (κ3) is 7.63. The Labute approximate surface area is 221 Å². The van der Waals surface area contributed by atoms with E-state index in [-0.39, 0.29) is 17.9 Å². The second-order valence-electron chi connectivity index (χ2n) is 10.4. The molecular formula is C30H41ClN2O3. The third-order valence-electron chi connectivity index (χ3n) is 7.78. The molecule has 2 aromatic rings. The number of hydrogen-bond acceptors (Lipinski definition) is 4. The molecule has 1 spiro atoms. The summed E-state index contributed by atoms with van der Waals surface area (Å²) in [5.41, 5.74) is 1.59. The number of hydrogen-bond donors (Lipinski definition) is 0. The van der Waals surface area contributed by atoms with Crippen LogP contribution in [0.2, 0.25) is 5.02 Å². The number of para-hydroxylation sites is 1. The van der Waals surface area contributed by atoms with Crippen LogP contribution in [-0.4, -0.2) is 61.6 Å². The monoisotopic (exact) mass is 512 g/mol. The van der Waals surface area contributed by atoms with Crippen molar-refractivity contribution in [3.63, 3.8) is 0 Å². The minimum atomic E-state index is 0.0702. The zero-order valence-electron chi connectivity index (χ0n) is 21.7. The number of benzene rings is 2. The average Bonchev–Trinajstić information content (AvgIpc) is 2.89. The molecule has 4 rings (SSSR count). The highest BCUT2D eigenvalue weighted by Gasteiger charge is 2.37. The van der Waals surface area contributed by atoms with Crippen LogP contribution in [0.25, 0.3) is 0 Å². The van der Waals surface area contributed by atoms with E-state index in [2.05, 4.69) is 36.1 Å². The van der Waals surface area contributed by atoms with E-state index in [4.69, 9.17) is 21.1 Å². The number of amides is 1. The van der Waals surface area contributed by atoms with Gasteiger partial charge in [-0.25, -0.2) is 0 Å². The minimum absolute atomic E-state index is 0.0702. The number of nitrogens with zero attached hydrogens (tertiary/aromatic N) is 2. The van der Waals surface area contributed by atoms with Crippen LogP contribution in [0.1, 0.15) is 57.4 Å². The molecule has 0 aromatic heterocycles. The summed E-state index contributed by atoms with van der Waals surface area (Å²) >= 11 is 5.94. The summed E-state index contributed by atoms with van der Waals surface area (Å²) in [6.07, 6.45) is 9.19. The van der Waals surface area contributed by atoms with E-state index < -0.39 is 0 Å². The lowest BCUT2D eigenvalue weighted by Crippen LogP contribution is -2.49. The van der Waals surface area contributed by atoms with Crippen molar-refractivity contribution in [3.05, 3.63) is 59.1 Å². The molecule has 0 bridgehead atoms. The summed E-state index contributed by atoms with van der Waals surface area (Å²) in [4.78, 5) is 17.5.